The number of fused-ring (bicyclic) bond motifs is 2. The highest BCUT2D eigenvalue weighted by Gasteiger charge is 2.26. The van der Waals surface area contributed by atoms with Gasteiger partial charge in [0, 0.05) is 30.8 Å². The molecule has 0 fully saturated rings. The smallest absolute Gasteiger partial charge is 0.168 e. The maximum absolute atomic E-state index is 12.0. The number of carbonyl (C=O) groups is 1. The largest absolute Gasteiger partial charge is 0.383 e. The van der Waals surface area contributed by atoms with Gasteiger partial charge in [-0.15, -0.1) is 0 Å². The minimum absolute atomic E-state index is 0.162. The molecular weight excluding hydrogens is 338 g/mol. The van der Waals surface area contributed by atoms with E-state index in [9.17, 15) is 9.90 Å². The van der Waals surface area contributed by atoms with Crippen molar-refractivity contribution in [1.29, 1.82) is 0 Å². The molecule has 1 aromatic heterocycles. The molecule has 1 N–H and O–H groups in total. The SMILES string of the molecule is COCN1c2cc(CCC(=O)C(C)(C)O)ccc2Sc2nccnc21. The Morgan fingerprint density at radius 3 is 2.80 bits per heavy atom. The zero-order valence-corrected chi connectivity index (χ0v) is 15.3. The molecule has 7 heteroatoms. The topological polar surface area (TPSA) is 75.5 Å². The van der Waals surface area contributed by atoms with E-state index in [-0.39, 0.29) is 5.78 Å². The van der Waals surface area contributed by atoms with Crippen LogP contribution in [0.4, 0.5) is 11.5 Å². The molecule has 3 rings (SSSR count). The van der Waals surface area contributed by atoms with E-state index in [4.69, 9.17) is 4.74 Å². The maximum atomic E-state index is 12.0. The first-order valence-electron chi connectivity index (χ1n) is 8.04. The molecular formula is C18H21N3O3S. The Labute approximate surface area is 151 Å². The van der Waals surface area contributed by atoms with Crippen LogP contribution < -0.4 is 4.90 Å². The van der Waals surface area contributed by atoms with Gasteiger partial charge in [-0.2, -0.15) is 0 Å². The fourth-order valence-electron chi connectivity index (χ4n) is 2.63. The third-order valence-electron chi connectivity index (χ3n) is 4.00. The summed E-state index contributed by atoms with van der Waals surface area (Å²) in [5, 5.41) is 10.6. The average molecular weight is 359 g/mol. The molecule has 0 aliphatic carbocycles. The summed E-state index contributed by atoms with van der Waals surface area (Å²) in [5.74, 6) is 0.608. The monoisotopic (exact) mass is 359 g/mol. The van der Waals surface area contributed by atoms with Crippen LogP contribution in [0, 0.1) is 0 Å². The number of methoxy groups -OCH3 is 1. The molecule has 0 atom stereocenters. The van der Waals surface area contributed by atoms with Gasteiger partial charge >= 0.3 is 0 Å². The van der Waals surface area contributed by atoms with Crippen molar-refractivity contribution in [2.24, 2.45) is 0 Å². The van der Waals surface area contributed by atoms with Crippen LogP contribution in [-0.2, 0) is 16.0 Å². The number of Topliss-reactive ketones (excluding diaryl/α,β-unsaturated/α-hetero) is 1. The molecule has 2 aromatic rings. The number of aromatic nitrogens is 2. The Bertz CT molecular complexity index is 789. The van der Waals surface area contributed by atoms with Gasteiger partial charge in [-0.05, 0) is 38.0 Å². The predicted octanol–water partition coefficient (Wildman–Crippen LogP) is 2.96. The fraction of sp³-hybridized carbons (Fsp3) is 0.389. The molecule has 0 spiro atoms. The lowest BCUT2D eigenvalue weighted by Gasteiger charge is -2.30. The van der Waals surface area contributed by atoms with Gasteiger partial charge in [0.1, 0.15) is 17.4 Å². The van der Waals surface area contributed by atoms with Gasteiger partial charge in [0.25, 0.3) is 0 Å². The van der Waals surface area contributed by atoms with Crippen molar-refractivity contribution >= 4 is 29.1 Å². The molecule has 0 amide bonds. The number of anilines is 2. The zero-order chi connectivity index (χ0) is 18.0. The van der Waals surface area contributed by atoms with E-state index >= 15 is 0 Å². The Morgan fingerprint density at radius 1 is 1.32 bits per heavy atom. The van der Waals surface area contributed by atoms with E-state index in [1.165, 1.54) is 13.8 Å². The van der Waals surface area contributed by atoms with Gasteiger partial charge in [-0.3, -0.25) is 9.69 Å². The number of carbonyl (C=O) groups excluding carboxylic acids is 1. The molecule has 132 valence electrons. The van der Waals surface area contributed by atoms with Gasteiger partial charge in [0.2, 0.25) is 0 Å². The number of aryl methyl sites for hydroxylation is 1. The molecule has 0 bridgehead atoms. The molecule has 1 aliphatic heterocycles. The van der Waals surface area contributed by atoms with Crippen LogP contribution in [0.1, 0.15) is 25.8 Å². The summed E-state index contributed by atoms with van der Waals surface area (Å²) in [6.45, 7) is 3.41. The molecule has 2 heterocycles. The fourth-order valence-corrected chi connectivity index (χ4v) is 3.62. The molecule has 0 radical (unpaired) electrons. The first-order valence-corrected chi connectivity index (χ1v) is 8.85. The normalized spacial score (nSPS) is 13.4. The van der Waals surface area contributed by atoms with Crippen molar-refractivity contribution in [2.75, 3.05) is 18.7 Å². The van der Waals surface area contributed by atoms with Crippen LogP contribution in [0.2, 0.25) is 0 Å². The van der Waals surface area contributed by atoms with Gasteiger partial charge < -0.3 is 9.84 Å². The first kappa shape index (κ1) is 17.8. The summed E-state index contributed by atoms with van der Waals surface area (Å²) in [4.78, 5) is 23.8. The maximum Gasteiger partial charge on any atom is 0.168 e. The zero-order valence-electron chi connectivity index (χ0n) is 14.5. The van der Waals surface area contributed by atoms with Crippen LogP contribution >= 0.6 is 11.8 Å². The van der Waals surface area contributed by atoms with Crippen molar-refractivity contribution in [3.63, 3.8) is 0 Å². The second kappa shape index (κ2) is 7.11. The quantitative estimate of drug-likeness (QED) is 0.850. The lowest BCUT2D eigenvalue weighted by molar-refractivity contribution is -0.134. The van der Waals surface area contributed by atoms with Gasteiger partial charge in [0.05, 0.1) is 5.69 Å². The van der Waals surface area contributed by atoms with Crippen LogP contribution in [0.3, 0.4) is 0 Å². The third kappa shape index (κ3) is 3.84. The Morgan fingerprint density at radius 2 is 2.08 bits per heavy atom. The number of ether oxygens (including phenoxy) is 1. The van der Waals surface area contributed by atoms with Crippen molar-refractivity contribution in [3.05, 3.63) is 36.2 Å². The van der Waals surface area contributed by atoms with Crippen molar-refractivity contribution in [1.82, 2.24) is 9.97 Å². The summed E-state index contributed by atoms with van der Waals surface area (Å²) < 4.78 is 5.34. The first-order chi connectivity index (χ1) is 11.9. The second-order valence-corrected chi connectivity index (χ2v) is 7.45. The highest BCUT2D eigenvalue weighted by atomic mass is 32.2. The molecule has 1 aliphatic rings. The summed E-state index contributed by atoms with van der Waals surface area (Å²) >= 11 is 1.57. The van der Waals surface area contributed by atoms with E-state index in [0.717, 1.165) is 27.0 Å². The van der Waals surface area contributed by atoms with Crippen LogP contribution in [0.5, 0.6) is 0 Å². The van der Waals surface area contributed by atoms with Crippen molar-refractivity contribution in [2.45, 2.75) is 42.2 Å². The lowest BCUT2D eigenvalue weighted by Crippen LogP contribution is -2.31. The van der Waals surface area contributed by atoms with E-state index in [1.54, 1.807) is 31.3 Å². The number of ketones is 1. The Hall–Kier alpha value is -1.96. The molecule has 0 saturated carbocycles. The third-order valence-corrected chi connectivity index (χ3v) is 5.05. The minimum Gasteiger partial charge on any atom is -0.383 e. The highest BCUT2D eigenvalue weighted by Crippen LogP contribution is 2.46. The molecule has 1 aromatic carbocycles. The predicted molar refractivity (Wildman–Crippen MR) is 96.2 cm³/mol. The lowest BCUT2D eigenvalue weighted by atomic mass is 9.97. The number of nitrogens with zero attached hydrogens (tertiary/aromatic N) is 3. The highest BCUT2D eigenvalue weighted by molar-refractivity contribution is 7.99. The number of benzene rings is 1. The summed E-state index contributed by atoms with van der Waals surface area (Å²) in [6, 6.07) is 6.09. The van der Waals surface area contributed by atoms with Crippen molar-refractivity contribution in [3.8, 4) is 0 Å². The number of hydrogen-bond donors (Lipinski definition) is 1. The van der Waals surface area contributed by atoms with Crippen LogP contribution in [0.25, 0.3) is 0 Å². The Kier molecular flexibility index (Phi) is 5.08. The molecule has 6 nitrogen and oxygen atoms in total. The van der Waals surface area contributed by atoms with E-state index in [1.807, 2.05) is 17.0 Å². The van der Waals surface area contributed by atoms with E-state index < -0.39 is 5.60 Å². The molecule has 25 heavy (non-hydrogen) atoms. The number of aliphatic hydroxyl groups is 1. The summed E-state index contributed by atoms with van der Waals surface area (Å²) in [5.41, 5.74) is 0.735. The average Bonchev–Trinajstić information content (AvgIpc) is 2.58. The van der Waals surface area contributed by atoms with Gasteiger partial charge in [-0.1, -0.05) is 17.8 Å². The standard InChI is InChI=1S/C18H21N3O3S/c1-18(2,23)15(22)7-5-12-4-6-14-13(10-12)21(11-24-3)16-17(25-14)20-9-8-19-16/h4,6,8-10,23H,5,7,11H2,1-3H3. The second-order valence-electron chi connectivity index (χ2n) is 6.42. The van der Waals surface area contributed by atoms with Gasteiger partial charge in [0.15, 0.2) is 11.6 Å². The van der Waals surface area contributed by atoms with Crippen LogP contribution in [0.15, 0.2) is 40.5 Å². The number of rotatable bonds is 6. The molecule has 0 saturated heterocycles. The van der Waals surface area contributed by atoms with E-state index in [0.29, 0.717) is 19.6 Å². The molecule has 0 unspecified atom stereocenters. The van der Waals surface area contributed by atoms with E-state index in [2.05, 4.69) is 16.0 Å². The van der Waals surface area contributed by atoms with Gasteiger partial charge in [-0.25, -0.2) is 9.97 Å². The number of hydrogen-bond acceptors (Lipinski definition) is 7. The minimum atomic E-state index is -1.29. The van der Waals surface area contributed by atoms with Crippen LogP contribution in [-0.4, -0.2) is 40.3 Å². The van der Waals surface area contributed by atoms with Crippen molar-refractivity contribution < 1.29 is 14.6 Å². The summed E-state index contributed by atoms with van der Waals surface area (Å²) in [6.07, 6.45) is 4.22. The summed E-state index contributed by atoms with van der Waals surface area (Å²) in [7, 11) is 1.64. The Balaban J connectivity index is 1.87.